The number of H-pyrrole nitrogens is 1. The summed E-state index contributed by atoms with van der Waals surface area (Å²) in [6.45, 7) is 0.263. The smallest absolute Gasteiger partial charge is 0.356 e. The number of thioether (sulfide) groups is 1. The molecule has 0 aliphatic rings. The van der Waals surface area contributed by atoms with Crippen molar-refractivity contribution in [3.8, 4) is 0 Å². The average molecular weight is 440 g/mol. The zero-order valence-electron chi connectivity index (χ0n) is 17.2. The Hall–Kier alpha value is -3.10. The van der Waals surface area contributed by atoms with E-state index in [9.17, 15) is 9.59 Å². The van der Waals surface area contributed by atoms with Crippen molar-refractivity contribution >= 4 is 23.6 Å². The van der Waals surface area contributed by atoms with Gasteiger partial charge in [-0.3, -0.25) is 4.79 Å². The number of amides is 1. The summed E-state index contributed by atoms with van der Waals surface area (Å²) < 4.78 is 11.3. The standard InChI is InChI=1S/C23H25N3O4S/c1-31-22(26-21(27)15-29-14-18-10-6-3-7-11-18)20(12-17-8-4-2-5-9-17)30-23(28)19-13-24-16-25-19/h2-11,13,16,20,22H,12,14-15H2,1H3,(H,24,25)(H,26,27). The van der Waals surface area contributed by atoms with Crippen LogP contribution in [-0.4, -0.2) is 46.2 Å². The molecule has 3 rings (SSSR count). The van der Waals surface area contributed by atoms with E-state index < -0.39 is 17.4 Å². The summed E-state index contributed by atoms with van der Waals surface area (Å²) in [5.41, 5.74) is 2.25. The highest BCUT2D eigenvalue weighted by molar-refractivity contribution is 7.99. The lowest BCUT2D eigenvalue weighted by Crippen LogP contribution is -2.45. The highest BCUT2D eigenvalue weighted by Gasteiger charge is 2.27. The van der Waals surface area contributed by atoms with Gasteiger partial charge in [0.2, 0.25) is 5.91 Å². The number of aromatic amines is 1. The number of nitrogens with one attached hydrogen (secondary N) is 2. The number of esters is 1. The first kappa shape index (κ1) is 22.6. The molecule has 0 radical (unpaired) electrons. The van der Waals surface area contributed by atoms with Crippen molar-refractivity contribution < 1.29 is 19.1 Å². The Balaban J connectivity index is 1.61. The molecule has 2 N–H and O–H groups in total. The van der Waals surface area contributed by atoms with E-state index in [1.54, 1.807) is 0 Å². The Morgan fingerprint density at radius 1 is 1.06 bits per heavy atom. The predicted molar refractivity (Wildman–Crippen MR) is 119 cm³/mol. The van der Waals surface area contributed by atoms with Gasteiger partial charge in [0.05, 0.1) is 19.1 Å². The van der Waals surface area contributed by atoms with Gasteiger partial charge in [-0.15, -0.1) is 11.8 Å². The zero-order valence-corrected chi connectivity index (χ0v) is 18.0. The van der Waals surface area contributed by atoms with Crippen LogP contribution in [0.25, 0.3) is 0 Å². The lowest BCUT2D eigenvalue weighted by molar-refractivity contribution is -0.126. The molecule has 0 aliphatic carbocycles. The number of benzene rings is 2. The quantitative estimate of drug-likeness (QED) is 0.352. The fourth-order valence-corrected chi connectivity index (χ4v) is 3.67. The van der Waals surface area contributed by atoms with E-state index in [4.69, 9.17) is 9.47 Å². The van der Waals surface area contributed by atoms with Gasteiger partial charge >= 0.3 is 5.97 Å². The molecule has 8 heteroatoms. The number of rotatable bonds is 11. The maximum absolute atomic E-state index is 12.5. The number of imidazole rings is 1. The van der Waals surface area contributed by atoms with Gasteiger partial charge in [0.1, 0.15) is 23.8 Å². The van der Waals surface area contributed by atoms with Crippen molar-refractivity contribution in [3.63, 3.8) is 0 Å². The van der Waals surface area contributed by atoms with Gasteiger partial charge in [-0.05, 0) is 17.4 Å². The second kappa shape index (κ2) is 11.9. The van der Waals surface area contributed by atoms with E-state index in [1.807, 2.05) is 66.9 Å². The van der Waals surface area contributed by atoms with E-state index >= 15 is 0 Å². The van der Waals surface area contributed by atoms with Crippen LogP contribution in [0.3, 0.4) is 0 Å². The van der Waals surface area contributed by atoms with Crippen LogP contribution in [0.15, 0.2) is 73.2 Å². The first-order valence-electron chi connectivity index (χ1n) is 9.83. The Morgan fingerprint density at radius 2 is 1.74 bits per heavy atom. The lowest BCUT2D eigenvalue weighted by Gasteiger charge is -2.26. The summed E-state index contributed by atoms with van der Waals surface area (Å²) in [6, 6.07) is 19.3. The van der Waals surface area contributed by atoms with E-state index in [-0.39, 0.29) is 18.2 Å². The molecule has 0 spiro atoms. The Kier molecular flexibility index (Phi) is 8.69. The molecule has 2 atom stereocenters. The van der Waals surface area contributed by atoms with Crippen LogP contribution >= 0.6 is 11.8 Å². The molecule has 1 amide bonds. The van der Waals surface area contributed by atoms with E-state index in [0.29, 0.717) is 13.0 Å². The first-order chi connectivity index (χ1) is 15.2. The Labute approximate surface area is 185 Å². The first-order valence-corrected chi connectivity index (χ1v) is 11.1. The third-order valence-electron chi connectivity index (χ3n) is 4.50. The minimum atomic E-state index is -0.578. The van der Waals surface area contributed by atoms with Crippen LogP contribution in [-0.2, 0) is 27.3 Å². The second-order valence-corrected chi connectivity index (χ2v) is 7.78. The Morgan fingerprint density at radius 3 is 2.35 bits per heavy atom. The molecule has 0 aliphatic heterocycles. The molecule has 1 heterocycles. The summed E-state index contributed by atoms with van der Waals surface area (Å²) in [5, 5.41) is 2.48. The average Bonchev–Trinajstić information content (AvgIpc) is 3.34. The number of aromatic nitrogens is 2. The SMILES string of the molecule is CSC(NC(=O)COCc1ccccc1)C(Cc1ccccc1)OC(=O)c1cnc[nH]1. The molecule has 0 fully saturated rings. The van der Waals surface area contributed by atoms with Crippen molar-refractivity contribution in [1.29, 1.82) is 0 Å². The van der Waals surface area contributed by atoms with Gasteiger partial charge in [-0.2, -0.15) is 0 Å². The van der Waals surface area contributed by atoms with Crippen LogP contribution in [0.4, 0.5) is 0 Å². The molecule has 3 aromatic rings. The third-order valence-corrected chi connectivity index (χ3v) is 5.43. The molecule has 0 bridgehead atoms. The fraction of sp³-hybridized carbons (Fsp3) is 0.261. The maximum Gasteiger partial charge on any atom is 0.356 e. The number of nitrogens with zero attached hydrogens (tertiary/aromatic N) is 1. The summed E-state index contributed by atoms with van der Waals surface area (Å²) in [4.78, 5) is 31.6. The minimum Gasteiger partial charge on any atom is -0.454 e. The minimum absolute atomic E-state index is 0.0848. The molecule has 2 unspecified atom stereocenters. The molecule has 0 saturated carbocycles. The highest BCUT2D eigenvalue weighted by atomic mass is 32.2. The van der Waals surface area contributed by atoms with Crippen LogP contribution in [0.1, 0.15) is 21.6 Å². The van der Waals surface area contributed by atoms with Gasteiger partial charge < -0.3 is 19.8 Å². The number of hydrogen-bond donors (Lipinski definition) is 2. The normalized spacial score (nSPS) is 12.7. The predicted octanol–water partition coefficient (Wildman–Crippen LogP) is 3.20. The number of carbonyl (C=O) groups excluding carboxylic acids is 2. The van der Waals surface area contributed by atoms with Crippen LogP contribution < -0.4 is 5.32 Å². The molecular formula is C23H25N3O4S. The lowest BCUT2D eigenvalue weighted by atomic mass is 10.1. The number of ether oxygens (including phenoxy) is 2. The monoisotopic (exact) mass is 439 g/mol. The molecule has 0 saturated heterocycles. The van der Waals surface area contributed by atoms with Crippen molar-refractivity contribution in [2.24, 2.45) is 0 Å². The van der Waals surface area contributed by atoms with E-state index in [1.165, 1.54) is 24.3 Å². The van der Waals surface area contributed by atoms with Gasteiger partial charge in [-0.25, -0.2) is 9.78 Å². The fourth-order valence-electron chi connectivity index (χ4n) is 2.97. The third kappa shape index (κ3) is 7.27. The summed E-state index contributed by atoms with van der Waals surface area (Å²) in [7, 11) is 0. The summed E-state index contributed by atoms with van der Waals surface area (Å²) in [6.07, 6.45) is 4.56. The molecule has 2 aromatic carbocycles. The maximum atomic E-state index is 12.5. The van der Waals surface area contributed by atoms with E-state index in [0.717, 1.165) is 11.1 Å². The topological polar surface area (TPSA) is 93.3 Å². The van der Waals surface area contributed by atoms with Gasteiger partial charge in [0, 0.05) is 6.42 Å². The van der Waals surface area contributed by atoms with Crippen LogP contribution in [0, 0.1) is 0 Å². The van der Waals surface area contributed by atoms with Crippen molar-refractivity contribution in [2.45, 2.75) is 24.5 Å². The molecule has 7 nitrogen and oxygen atoms in total. The second-order valence-electron chi connectivity index (χ2n) is 6.80. The van der Waals surface area contributed by atoms with Gasteiger partial charge in [-0.1, -0.05) is 60.7 Å². The van der Waals surface area contributed by atoms with E-state index in [2.05, 4.69) is 15.3 Å². The van der Waals surface area contributed by atoms with Crippen LogP contribution in [0.2, 0.25) is 0 Å². The molecule has 1 aromatic heterocycles. The zero-order chi connectivity index (χ0) is 21.9. The Bertz CT molecular complexity index is 936. The summed E-state index contributed by atoms with van der Waals surface area (Å²) in [5.74, 6) is -0.794. The molecule has 31 heavy (non-hydrogen) atoms. The highest BCUT2D eigenvalue weighted by Crippen LogP contribution is 2.18. The molecular weight excluding hydrogens is 414 g/mol. The van der Waals surface area contributed by atoms with Crippen molar-refractivity contribution in [2.75, 3.05) is 12.9 Å². The largest absolute Gasteiger partial charge is 0.454 e. The van der Waals surface area contributed by atoms with Gasteiger partial charge in [0.25, 0.3) is 0 Å². The van der Waals surface area contributed by atoms with Gasteiger partial charge in [0.15, 0.2) is 0 Å². The number of hydrogen-bond acceptors (Lipinski definition) is 6. The van der Waals surface area contributed by atoms with Crippen LogP contribution in [0.5, 0.6) is 0 Å². The molecule has 162 valence electrons. The van der Waals surface area contributed by atoms with Crippen molar-refractivity contribution in [3.05, 3.63) is 90.0 Å². The summed E-state index contributed by atoms with van der Waals surface area (Å²) >= 11 is 1.40. The van der Waals surface area contributed by atoms with Crippen molar-refractivity contribution in [1.82, 2.24) is 15.3 Å². The number of carbonyl (C=O) groups is 2.